The average molecular weight is 383 g/mol. The Morgan fingerprint density at radius 1 is 0.889 bits per heavy atom. The maximum atomic E-state index is 12.7. The highest BCUT2D eigenvalue weighted by molar-refractivity contribution is 7.90. The monoisotopic (exact) mass is 383 g/mol. The number of aromatic nitrogens is 2. The normalized spacial score (nSPS) is 15.8. The number of piperazine rings is 1. The van der Waals surface area contributed by atoms with Gasteiger partial charge in [-0.2, -0.15) is 12.7 Å². The van der Waals surface area contributed by atoms with Crippen molar-refractivity contribution >= 4 is 32.7 Å². The van der Waals surface area contributed by atoms with E-state index in [-0.39, 0.29) is 0 Å². The predicted molar refractivity (Wildman–Crippen MR) is 107 cm³/mol. The Hall–Kier alpha value is -2.71. The van der Waals surface area contributed by atoms with Gasteiger partial charge in [-0.05, 0) is 37.3 Å². The summed E-state index contributed by atoms with van der Waals surface area (Å²) in [6, 6.07) is 17.0. The minimum Gasteiger partial charge on any atom is -0.354 e. The Balaban J connectivity index is 1.45. The van der Waals surface area contributed by atoms with Crippen molar-refractivity contribution in [2.24, 2.45) is 0 Å². The van der Waals surface area contributed by atoms with Crippen LogP contribution in [-0.4, -0.2) is 48.9 Å². The molecule has 0 unspecified atom stereocenters. The summed E-state index contributed by atoms with van der Waals surface area (Å²) < 4.78 is 29.5. The fourth-order valence-electron chi connectivity index (χ4n) is 3.18. The zero-order valence-corrected chi connectivity index (χ0v) is 15.9. The van der Waals surface area contributed by atoms with Crippen molar-refractivity contribution in [3.05, 3.63) is 60.3 Å². The summed E-state index contributed by atoms with van der Waals surface area (Å²) in [5.41, 5.74) is 1.71. The van der Waals surface area contributed by atoms with E-state index >= 15 is 0 Å². The number of nitrogens with one attached hydrogen (secondary N) is 1. The molecule has 0 bridgehead atoms. The quantitative estimate of drug-likeness (QED) is 0.749. The average Bonchev–Trinajstić information content (AvgIpc) is 2.68. The van der Waals surface area contributed by atoms with Gasteiger partial charge in [-0.1, -0.05) is 24.3 Å². The topological polar surface area (TPSA) is 78.4 Å². The molecule has 0 spiro atoms. The second kappa shape index (κ2) is 7.13. The van der Waals surface area contributed by atoms with Gasteiger partial charge in [-0.25, -0.2) is 9.97 Å². The third kappa shape index (κ3) is 3.86. The summed E-state index contributed by atoms with van der Waals surface area (Å²) in [5, 5.41) is 0.972. The summed E-state index contributed by atoms with van der Waals surface area (Å²) in [7, 11) is -3.65. The highest BCUT2D eigenvalue weighted by Gasteiger charge is 2.27. The van der Waals surface area contributed by atoms with Gasteiger partial charge in [0.05, 0.1) is 5.52 Å². The molecule has 0 saturated carbocycles. The molecule has 3 aromatic rings. The number of nitrogens with zero attached hydrogens (tertiary/aromatic N) is 4. The van der Waals surface area contributed by atoms with E-state index in [4.69, 9.17) is 0 Å². The van der Waals surface area contributed by atoms with Gasteiger partial charge >= 0.3 is 10.2 Å². The number of aryl methyl sites for hydroxylation is 1. The Kier molecular flexibility index (Phi) is 4.67. The molecule has 27 heavy (non-hydrogen) atoms. The van der Waals surface area contributed by atoms with Crippen LogP contribution in [0.5, 0.6) is 0 Å². The van der Waals surface area contributed by atoms with Crippen LogP contribution in [-0.2, 0) is 10.2 Å². The van der Waals surface area contributed by atoms with Crippen LogP contribution < -0.4 is 9.62 Å². The molecule has 1 saturated heterocycles. The number of rotatable bonds is 4. The maximum Gasteiger partial charge on any atom is 0.302 e. The molecular weight excluding hydrogens is 362 g/mol. The summed E-state index contributed by atoms with van der Waals surface area (Å²) in [4.78, 5) is 11.0. The van der Waals surface area contributed by atoms with E-state index in [1.165, 1.54) is 4.31 Å². The Morgan fingerprint density at radius 2 is 1.67 bits per heavy atom. The van der Waals surface area contributed by atoms with E-state index in [9.17, 15) is 8.42 Å². The fourth-order valence-corrected chi connectivity index (χ4v) is 4.33. The third-order valence-corrected chi connectivity index (χ3v) is 6.12. The number of fused-ring (bicyclic) bond motifs is 1. The fraction of sp³-hybridized carbons (Fsp3) is 0.263. The van der Waals surface area contributed by atoms with Crippen molar-refractivity contribution in [2.75, 3.05) is 35.8 Å². The van der Waals surface area contributed by atoms with Gasteiger partial charge in [-0.3, -0.25) is 4.72 Å². The maximum absolute atomic E-state index is 12.7. The van der Waals surface area contributed by atoms with Crippen molar-refractivity contribution in [3.8, 4) is 0 Å². The van der Waals surface area contributed by atoms with Gasteiger partial charge < -0.3 is 4.90 Å². The molecule has 1 aromatic carbocycles. The molecule has 0 atom stereocenters. The number of benzene rings is 1. The van der Waals surface area contributed by atoms with Crippen LogP contribution in [0.2, 0.25) is 0 Å². The van der Waals surface area contributed by atoms with Crippen LogP contribution in [0.1, 0.15) is 5.69 Å². The zero-order chi connectivity index (χ0) is 18.9. The molecule has 0 radical (unpaired) electrons. The minimum absolute atomic E-state index is 0.330. The second-order valence-corrected chi connectivity index (χ2v) is 8.19. The number of anilines is 2. The molecule has 2 aromatic heterocycles. The number of pyridine rings is 2. The number of para-hydroxylation sites is 1. The first-order valence-corrected chi connectivity index (χ1v) is 10.3. The lowest BCUT2D eigenvalue weighted by atomic mass is 10.2. The highest BCUT2D eigenvalue weighted by atomic mass is 32.2. The molecule has 8 heteroatoms. The van der Waals surface area contributed by atoms with Gasteiger partial charge in [-0.15, -0.1) is 0 Å². The van der Waals surface area contributed by atoms with E-state index < -0.39 is 10.2 Å². The van der Waals surface area contributed by atoms with E-state index in [0.29, 0.717) is 32.0 Å². The molecule has 1 aliphatic rings. The second-order valence-electron chi connectivity index (χ2n) is 6.52. The van der Waals surface area contributed by atoms with Crippen molar-refractivity contribution in [3.63, 3.8) is 0 Å². The van der Waals surface area contributed by atoms with Crippen molar-refractivity contribution < 1.29 is 8.42 Å². The van der Waals surface area contributed by atoms with E-state index in [1.54, 1.807) is 6.07 Å². The summed E-state index contributed by atoms with van der Waals surface area (Å²) in [6.45, 7) is 3.95. The van der Waals surface area contributed by atoms with Crippen molar-refractivity contribution in [1.82, 2.24) is 14.3 Å². The first-order chi connectivity index (χ1) is 13.0. The summed E-state index contributed by atoms with van der Waals surface area (Å²) >= 11 is 0. The minimum atomic E-state index is -3.65. The van der Waals surface area contributed by atoms with Crippen molar-refractivity contribution in [1.29, 1.82) is 0 Å². The lowest BCUT2D eigenvalue weighted by Crippen LogP contribution is -2.50. The summed E-state index contributed by atoms with van der Waals surface area (Å²) in [6.07, 6.45) is 0. The molecule has 1 N–H and O–H groups in total. The van der Waals surface area contributed by atoms with Gasteiger partial charge in [0.2, 0.25) is 0 Å². The Labute approximate surface area is 158 Å². The van der Waals surface area contributed by atoms with Crippen LogP contribution in [0, 0.1) is 6.92 Å². The van der Waals surface area contributed by atoms with Crippen LogP contribution in [0.15, 0.2) is 54.6 Å². The number of hydrogen-bond acceptors (Lipinski definition) is 5. The molecular formula is C19H21N5O2S. The van der Waals surface area contributed by atoms with E-state index in [0.717, 1.165) is 22.4 Å². The molecule has 1 aliphatic heterocycles. The van der Waals surface area contributed by atoms with Gasteiger partial charge in [0.1, 0.15) is 11.6 Å². The van der Waals surface area contributed by atoms with Crippen LogP contribution in [0.4, 0.5) is 11.6 Å². The van der Waals surface area contributed by atoms with Gasteiger partial charge in [0.25, 0.3) is 0 Å². The number of hydrogen-bond donors (Lipinski definition) is 1. The lowest BCUT2D eigenvalue weighted by Gasteiger charge is -2.34. The summed E-state index contributed by atoms with van der Waals surface area (Å²) in [5.74, 6) is 1.22. The lowest BCUT2D eigenvalue weighted by molar-refractivity contribution is 0.386. The first kappa shape index (κ1) is 17.7. The smallest absolute Gasteiger partial charge is 0.302 e. The molecule has 140 valence electrons. The molecule has 1 fully saturated rings. The SMILES string of the molecule is Cc1cccc(N2CCN(S(=O)(=O)Nc3ccc4ccccc4n3)CC2)n1. The van der Waals surface area contributed by atoms with Crippen molar-refractivity contribution in [2.45, 2.75) is 6.92 Å². The highest BCUT2D eigenvalue weighted by Crippen LogP contribution is 2.19. The van der Waals surface area contributed by atoms with Gasteiger partial charge in [0.15, 0.2) is 0 Å². The Bertz CT molecular complexity index is 1060. The van der Waals surface area contributed by atoms with Crippen LogP contribution in [0.3, 0.4) is 0 Å². The first-order valence-electron chi connectivity index (χ1n) is 8.84. The Morgan fingerprint density at radius 3 is 2.44 bits per heavy atom. The van der Waals surface area contributed by atoms with E-state index in [2.05, 4.69) is 19.6 Å². The largest absolute Gasteiger partial charge is 0.354 e. The molecule has 0 aliphatic carbocycles. The van der Waals surface area contributed by atoms with E-state index in [1.807, 2.05) is 55.5 Å². The van der Waals surface area contributed by atoms with Crippen LogP contribution >= 0.6 is 0 Å². The molecule has 0 amide bonds. The zero-order valence-electron chi connectivity index (χ0n) is 15.0. The molecule has 7 nitrogen and oxygen atoms in total. The molecule has 4 rings (SSSR count). The standard InChI is InChI=1S/C19H21N5O2S/c1-15-5-4-8-19(20-15)23-11-13-24(14-12-23)27(25,26)22-18-10-9-16-6-2-3-7-17(16)21-18/h2-10H,11-14H2,1H3,(H,21,22). The predicted octanol–water partition coefficient (Wildman–Crippen LogP) is 2.42. The third-order valence-electron chi connectivity index (χ3n) is 4.61. The van der Waals surface area contributed by atoms with Crippen LogP contribution in [0.25, 0.3) is 10.9 Å². The van der Waals surface area contributed by atoms with Gasteiger partial charge in [0, 0.05) is 37.3 Å². The molecule has 3 heterocycles.